The van der Waals surface area contributed by atoms with Crippen molar-refractivity contribution in [3.8, 4) is 11.1 Å². The topological polar surface area (TPSA) is 34.2 Å². The van der Waals surface area contributed by atoms with Gasteiger partial charge in [0.15, 0.2) is 5.58 Å². The molecule has 3 aromatic carbocycles. The Kier molecular flexibility index (Phi) is 3.18. The molecule has 0 spiro atoms. The molecule has 0 amide bonds. The summed E-state index contributed by atoms with van der Waals surface area (Å²) < 4.78 is 8.22. The van der Waals surface area contributed by atoms with Crippen molar-refractivity contribution in [3.63, 3.8) is 0 Å². The van der Waals surface area contributed by atoms with Crippen LogP contribution in [0.2, 0.25) is 0 Å². The normalized spacial score (nSPS) is 13.5. The van der Waals surface area contributed by atoms with Gasteiger partial charge in [0, 0.05) is 36.4 Å². The van der Waals surface area contributed by atoms with Crippen LogP contribution in [0, 0.1) is 0 Å². The summed E-state index contributed by atoms with van der Waals surface area (Å²) in [7, 11) is 2.07. The second-order valence-electron chi connectivity index (χ2n) is 7.41. The lowest BCUT2D eigenvalue weighted by Gasteiger charge is -2.13. The van der Waals surface area contributed by atoms with E-state index in [4.69, 9.17) is 9.40 Å². The van der Waals surface area contributed by atoms with E-state index in [0.717, 1.165) is 29.6 Å². The Hall–Kier alpha value is -3.53. The van der Waals surface area contributed by atoms with Crippen molar-refractivity contribution in [1.82, 2.24) is 9.55 Å². The van der Waals surface area contributed by atoms with Gasteiger partial charge >= 0.3 is 6.01 Å². The summed E-state index contributed by atoms with van der Waals surface area (Å²) in [6.45, 7) is 0.906. The zero-order valence-corrected chi connectivity index (χ0v) is 15.6. The molecule has 136 valence electrons. The Bertz CT molecular complexity index is 1340. The van der Waals surface area contributed by atoms with Crippen LogP contribution < -0.4 is 4.90 Å². The van der Waals surface area contributed by atoms with E-state index >= 15 is 0 Å². The largest absolute Gasteiger partial charge is 0.423 e. The fraction of sp³-hybridized carbons (Fsp3) is 0.125. The van der Waals surface area contributed by atoms with Crippen molar-refractivity contribution in [2.45, 2.75) is 6.42 Å². The molecule has 5 aromatic rings. The standard InChI is InChI=1S/C24H19N3O/c1-26-12-10-19-14-17(6-8-21(19)26)18-7-9-23-20(15-18)25-24(28-23)27-13-11-16-4-2-3-5-22(16)27/h2-10,12,14-15H,11,13H2,1H3. The Morgan fingerprint density at radius 2 is 1.79 bits per heavy atom. The molecular weight excluding hydrogens is 346 g/mol. The van der Waals surface area contributed by atoms with Crippen molar-refractivity contribution in [2.75, 3.05) is 11.4 Å². The first-order valence-corrected chi connectivity index (χ1v) is 9.58. The molecule has 0 saturated carbocycles. The Morgan fingerprint density at radius 1 is 0.929 bits per heavy atom. The van der Waals surface area contributed by atoms with Crippen LogP contribution in [0.3, 0.4) is 0 Å². The van der Waals surface area contributed by atoms with Crippen LogP contribution in [-0.4, -0.2) is 16.1 Å². The van der Waals surface area contributed by atoms with Crippen molar-refractivity contribution in [2.24, 2.45) is 7.05 Å². The molecule has 28 heavy (non-hydrogen) atoms. The number of nitrogens with zero attached hydrogens (tertiary/aromatic N) is 3. The lowest BCUT2D eigenvalue weighted by Crippen LogP contribution is -2.13. The molecule has 0 unspecified atom stereocenters. The number of para-hydroxylation sites is 1. The van der Waals surface area contributed by atoms with Gasteiger partial charge in [-0.15, -0.1) is 0 Å². The number of anilines is 2. The summed E-state index contributed by atoms with van der Waals surface area (Å²) in [5.41, 5.74) is 7.84. The summed E-state index contributed by atoms with van der Waals surface area (Å²) in [4.78, 5) is 6.97. The second kappa shape index (κ2) is 5.73. The molecule has 4 heteroatoms. The van der Waals surface area contributed by atoms with Crippen LogP contribution in [0.25, 0.3) is 33.1 Å². The fourth-order valence-corrected chi connectivity index (χ4v) is 4.21. The summed E-state index contributed by atoms with van der Waals surface area (Å²) >= 11 is 0. The SMILES string of the molecule is Cn1ccc2cc(-c3ccc4oc(N5CCc6ccccc65)nc4c3)ccc21. The van der Waals surface area contributed by atoms with Crippen molar-refractivity contribution in [3.05, 3.63) is 78.5 Å². The number of rotatable bonds is 2. The Labute approximate surface area is 162 Å². The van der Waals surface area contributed by atoms with E-state index in [1.165, 1.54) is 27.7 Å². The fourth-order valence-electron chi connectivity index (χ4n) is 4.21. The highest BCUT2D eigenvalue weighted by Gasteiger charge is 2.24. The second-order valence-corrected chi connectivity index (χ2v) is 7.41. The molecule has 1 aliphatic rings. The first-order chi connectivity index (χ1) is 13.8. The maximum absolute atomic E-state index is 6.08. The minimum absolute atomic E-state index is 0.676. The van der Waals surface area contributed by atoms with Crippen LogP contribution in [0.5, 0.6) is 0 Å². The first kappa shape index (κ1) is 15.5. The van der Waals surface area contributed by atoms with E-state index < -0.39 is 0 Å². The highest BCUT2D eigenvalue weighted by Crippen LogP contribution is 2.36. The van der Waals surface area contributed by atoms with Gasteiger partial charge in [-0.05, 0) is 59.5 Å². The van der Waals surface area contributed by atoms with Crippen LogP contribution >= 0.6 is 0 Å². The molecule has 0 fully saturated rings. The number of oxazole rings is 1. The van der Waals surface area contributed by atoms with Crippen LogP contribution in [-0.2, 0) is 13.5 Å². The van der Waals surface area contributed by atoms with E-state index in [1.54, 1.807) is 0 Å². The zero-order valence-electron chi connectivity index (χ0n) is 15.6. The van der Waals surface area contributed by atoms with Crippen LogP contribution in [0.15, 0.2) is 77.3 Å². The number of hydrogen-bond donors (Lipinski definition) is 0. The van der Waals surface area contributed by atoms with E-state index in [1.807, 2.05) is 6.07 Å². The molecule has 0 bridgehead atoms. The quantitative estimate of drug-likeness (QED) is 0.403. The smallest absolute Gasteiger partial charge is 0.303 e. The first-order valence-electron chi connectivity index (χ1n) is 9.58. The number of benzene rings is 3. The Morgan fingerprint density at radius 3 is 2.75 bits per heavy atom. The molecule has 6 rings (SSSR count). The maximum Gasteiger partial charge on any atom is 0.303 e. The van der Waals surface area contributed by atoms with Gasteiger partial charge in [0.1, 0.15) is 5.52 Å². The molecule has 0 N–H and O–H groups in total. The Balaban J connectivity index is 1.42. The summed E-state index contributed by atoms with van der Waals surface area (Å²) in [6.07, 6.45) is 3.12. The number of fused-ring (bicyclic) bond motifs is 3. The number of aryl methyl sites for hydroxylation is 1. The molecule has 4 nitrogen and oxygen atoms in total. The lowest BCUT2D eigenvalue weighted by atomic mass is 10.0. The predicted molar refractivity (Wildman–Crippen MR) is 113 cm³/mol. The van der Waals surface area contributed by atoms with E-state index in [2.05, 4.69) is 83.4 Å². The molecule has 3 heterocycles. The molecule has 1 aliphatic heterocycles. The van der Waals surface area contributed by atoms with Crippen molar-refractivity contribution < 1.29 is 4.42 Å². The zero-order chi connectivity index (χ0) is 18.7. The minimum atomic E-state index is 0.676. The monoisotopic (exact) mass is 365 g/mol. The third-order valence-corrected chi connectivity index (χ3v) is 5.71. The maximum atomic E-state index is 6.08. The summed E-state index contributed by atoms with van der Waals surface area (Å²) in [5, 5.41) is 1.25. The van der Waals surface area contributed by atoms with Gasteiger partial charge in [0.05, 0.1) is 0 Å². The summed E-state index contributed by atoms with van der Waals surface area (Å²) in [5.74, 6) is 0. The van der Waals surface area contributed by atoms with Gasteiger partial charge in [-0.1, -0.05) is 30.3 Å². The highest BCUT2D eigenvalue weighted by atomic mass is 16.4. The predicted octanol–water partition coefficient (Wildman–Crippen LogP) is 5.68. The van der Waals surface area contributed by atoms with Gasteiger partial charge in [0.2, 0.25) is 0 Å². The minimum Gasteiger partial charge on any atom is -0.423 e. The molecule has 2 aromatic heterocycles. The molecular formula is C24H19N3O. The summed E-state index contributed by atoms with van der Waals surface area (Å²) in [6, 6.07) is 24.1. The lowest BCUT2D eigenvalue weighted by molar-refractivity contribution is 0.597. The third kappa shape index (κ3) is 2.28. The van der Waals surface area contributed by atoms with Gasteiger partial charge in [-0.3, -0.25) is 4.90 Å². The van der Waals surface area contributed by atoms with Crippen LogP contribution in [0.4, 0.5) is 11.7 Å². The van der Waals surface area contributed by atoms with Gasteiger partial charge in [-0.2, -0.15) is 4.98 Å². The number of hydrogen-bond acceptors (Lipinski definition) is 3. The van der Waals surface area contributed by atoms with Crippen molar-refractivity contribution in [1.29, 1.82) is 0 Å². The van der Waals surface area contributed by atoms with Gasteiger partial charge < -0.3 is 8.98 Å². The number of aromatic nitrogens is 2. The molecule has 0 radical (unpaired) electrons. The average molecular weight is 365 g/mol. The van der Waals surface area contributed by atoms with E-state index in [9.17, 15) is 0 Å². The van der Waals surface area contributed by atoms with Gasteiger partial charge in [0.25, 0.3) is 0 Å². The third-order valence-electron chi connectivity index (χ3n) is 5.71. The van der Waals surface area contributed by atoms with Crippen molar-refractivity contribution >= 4 is 33.7 Å². The average Bonchev–Trinajstić information content (AvgIpc) is 3.43. The van der Waals surface area contributed by atoms with E-state index in [-0.39, 0.29) is 0 Å². The molecule has 0 saturated heterocycles. The highest BCUT2D eigenvalue weighted by molar-refractivity contribution is 5.88. The van der Waals surface area contributed by atoms with Crippen LogP contribution in [0.1, 0.15) is 5.56 Å². The van der Waals surface area contributed by atoms with E-state index in [0.29, 0.717) is 6.01 Å². The molecule has 0 aliphatic carbocycles. The molecule has 0 atom stereocenters. The van der Waals surface area contributed by atoms with Gasteiger partial charge in [-0.25, -0.2) is 0 Å².